The Bertz CT molecular complexity index is 1640. The van der Waals surface area contributed by atoms with Gasteiger partial charge in [-0.15, -0.1) is 0 Å². The SMILES string of the molecule is Cc1ccc(-c2ccc(CC([Se]c3ccc(OCC(=O)O)c(C)c3)c3[se]c(-c4ccc(C)cc4)nc3C)cn2)cc1. The molecule has 0 saturated carbocycles. The summed E-state index contributed by atoms with van der Waals surface area (Å²) in [4.78, 5) is 21.2. The summed E-state index contributed by atoms with van der Waals surface area (Å²) in [5, 5.41) is 8.99. The topological polar surface area (TPSA) is 72.3 Å². The molecule has 5 rings (SSSR count). The third-order valence-electron chi connectivity index (χ3n) is 6.79. The Morgan fingerprint density at radius 1 is 0.902 bits per heavy atom. The summed E-state index contributed by atoms with van der Waals surface area (Å²) in [6, 6.07) is 27.6. The molecule has 0 spiro atoms. The van der Waals surface area contributed by atoms with Crippen molar-refractivity contribution >= 4 is 39.9 Å². The van der Waals surface area contributed by atoms with E-state index in [0.29, 0.717) is 10.6 Å². The number of carbonyl (C=O) groups is 1. The van der Waals surface area contributed by atoms with Crippen molar-refractivity contribution in [3.63, 3.8) is 0 Å². The van der Waals surface area contributed by atoms with Crippen LogP contribution in [-0.4, -0.2) is 57.1 Å². The molecule has 2 heterocycles. The van der Waals surface area contributed by atoms with E-state index in [9.17, 15) is 4.79 Å². The Morgan fingerprint density at radius 3 is 2.20 bits per heavy atom. The van der Waals surface area contributed by atoms with E-state index in [-0.39, 0.29) is 36.1 Å². The van der Waals surface area contributed by atoms with Gasteiger partial charge in [0.1, 0.15) is 0 Å². The first-order chi connectivity index (χ1) is 19.7. The Morgan fingerprint density at radius 2 is 1.59 bits per heavy atom. The van der Waals surface area contributed by atoms with Crippen molar-refractivity contribution in [1.29, 1.82) is 0 Å². The van der Waals surface area contributed by atoms with Crippen molar-refractivity contribution in [2.45, 2.75) is 38.9 Å². The van der Waals surface area contributed by atoms with Crippen LogP contribution in [0, 0.1) is 27.7 Å². The van der Waals surface area contributed by atoms with Crippen LogP contribution in [0.5, 0.6) is 5.75 Å². The minimum atomic E-state index is -0.977. The average molecular weight is 675 g/mol. The molecule has 1 N–H and O–H groups in total. The summed E-state index contributed by atoms with van der Waals surface area (Å²) < 4.78 is 9.36. The van der Waals surface area contributed by atoms with Crippen molar-refractivity contribution in [2.24, 2.45) is 0 Å². The van der Waals surface area contributed by atoms with Gasteiger partial charge in [0.15, 0.2) is 0 Å². The third kappa shape index (κ3) is 7.44. The molecule has 208 valence electrons. The number of benzene rings is 3. The van der Waals surface area contributed by atoms with Crippen molar-refractivity contribution in [1.82, 2.24) is 9.97 Å². The number of pyridine rings is 1. The van der Waals surface area contributed by atoms with Gasteiger partial charge < -0.3 is 0 Å². The first-order valence-corrected chi connectivity index (χ1v) is 17.0. The number of carboxylic acids is 1. The van der Waals surface area contributed by atoms with Crippen LogP contribution in [-0.2, 0) is 11.2 Å². The van der Waals surface area contributed by atoms with Crippen LogP contribution in [0.15, 0.2) is 85.1 Å². The Kier molecular flexibility index (Phi) is 9.22. The molecule has 5 nitrogen and oxygen atoms in total. The van der Waals surface area contributed by atoms with Crippen LogP contribution < -0.4 is 9.20 Å². The zero-order valence-electron chi connectivity index (χ0n) is 23.5. The van der Waals surface area contributed by atoms with Gasteiger partial charge in [-0.25, -0.2) is 0 Å². The Balaban J connectivity index is 1.44. The summed E-state index contributed by atoms with van der Waals surface area (Å²) in [6.07, 6.45) is 2.91. The molecule has 41 heavy (non-hydrogen) atoms. The van der Waals surface area contributed by atoms with Crippen LogP contribution >= 0.6 is 0 Å². The molecule has 0 saturated heterocycles. The van der Waals surface area contributed by atoms with Crippen molar-refractivity contribution in [2.75, 3.05) is 6.61 Å². The van der Waals surface area contributed by atoms with Crippen LogP contribution in [0.1, 0.15) is 37.2 Å². The van der Waals surface area contributed by atoms with E-state index in [1.807, 2.05) is 19.2 Å². The molecule has 0 aliphatic rings. The summed E-state index contributed by atoms with van der Waals surface area (Å²) >= 11 is 0.267. The second-order valence-corrected chi connectivity index (χ2v) is 15.0. The zero-order chi connectivity index (χ0) is 28.9. The fraction of sp³-hybridized carbons (Fsp3) is 0.206. The van der Waals surface area contributed by atoms with E-state index in [1.54, 1.807) is 0 Å². The van der Waals surface area contributed by atoms with Crippen LogP contribution in [0.3, 0.4) is 0 Å². The number of aliphatic carboxylic acids is 1. The summed E-state index contributed by atoms with van der Waals surface area (Å²) in [7, 11) is 0. The fourth-order valence-electron chi connectivity index (χ4n) is 4.53. The van der Waals surface area contributed by atoms with E-state index in [4.69, 9.17) is 19.8 Å². The van der Waals surface area contributed by atoms with Gasteiger partial charge in [0.05, 0.1) is 0 Å². The average Bonchev–Trinajstić information content (AvgIpc) is 3.35. The number of nitrogens with zero attached hydrogens (tertiary/aromatic N) is 2. The van der Waals surface area contributed by atoms with Gasteiger partial charge in [0.25, 0.3) is 0 Å². The number of ether oxygens (including phenoxy) is 1. The molecular formula is C34H32N2O3Se2. The Hall–Kier alpha value is -3.47. The Labute approximate surface area is 253 Å². The van der Waals surface area contributed by atoms with Crippen molar-refractivity contribution in [3.05, 3.63) is 117 Å². The predicted octanol–water partition coefficient (Wildman–Crippen LogP) is 5.88. The maximum absolute atomic E-state index is 11.0. The van der Waals surface area contributed by atoms with Gasteiger partial charge in [0, 0.05) is 0 Å². The van der Waals surface area contributed by atoms with Crippen LogP contribution in [0.4, 0.5) is 0 Å². The molecule has 0 aliphatic heterocycles. The monoisotopic (exact) mass is 676 g/mol. The molecule has 0 bridgehead atoms. The number of aryl methyl sites for hydroxylation is 4. The molecule has 7 heteroatoms. The standard InChI is InChI=1S/C34H32N2O3Se2/c1-21-5-10-26(11-6-21)29-15-9-25(19-35-29)18-31(40-28-14-16-30(23(3)17-28)39-20-32(37)38)33-24(4)36-34(41-33)27-12-7-22(2)8-13-27/h5-17,19,31H,18,20H2,1-4H3,(H,37,38). The number of hydrogen-bond donors (Lipinski definition) is 1. The van der Waals surface area contributed by atoms with Gasteiger partial charge >= 0.3 is 255 Å². The molecule has 1 unspecified atom stereocenters. The summed E-state index contributed by atoms with van der Waals surface area (Å²) in [5.41, 5.74) is 9.09. The molecular weight excluding hydrogens is 642 g/mol. The van der Waals surface area contributed by atoms with Gasteiger partial charge in [0.2, 0.25) is 0 Å². The quantitative estimate of drug-likeness (QED) is 0.188. The van der Waals surface area contributed by atoms with E-state index >= 15 is 0 Å². The van der Waals surface area contributed by atoms with Crippen LogP contribution in [0.25, 0.3) is 21.4 Å². The first-order valence-electron chi connectivity index (χ1n) is 13.4. The second-order valence-electron chi connectivity index (χ2n) is 10.2. The van der Waals surface area contributed by atoms with Crippen LogP contribution in [0.2, 0.25) is 0 Å². The van der Waals surface area contributed by atoms with Gasteiger partial charge in [-0.2, -0.15) is 0 Å². The molecule has 5 aromatic rings. The summed E-state index contributed by atoms with van der Waals surface area (Å²) in [5.74, 6) is -0.361. The van der Waals surface area contributed by atoms with Gasteiger partial charge in [-0.3, -0.25) is 0 Å². The molecule has 0 fully saturated rings. The first kappa shape index (κ1) is 29.0. The maximum atomic E-state index is 11.0. The molecule has 0 aliphatic carbocycles. The second kappa shape index (κ2) is 13.0. The zero-order valence-corrected chi connectivity index (χ0v) is 27.0. The number of hydrogen-bond acceptors (Lipinski definition) is 4. The van der Waals surface area contributed by atoms with Gasteiger partial charge in [-0.1, -0.05) is 0 Å². The number of aromatic nitrogens is 2. The molecule has 1 atom stereocenters. The molecule has 0 radical (unpaired) electrons. The van der Waals surface area contributed by atoms with Crippen molar-refractivity contribution in [3.8, 4) is 27.1 Å². The molecule has 0 amide bonds. The normalized spacial score (nSPS) is 11.8. The third-order valence-corrected chi connectivity index (χ3v) is 12.9. The molecule has 2 aromatic heterocycles. The number of rotatable bonds is 10. The van der Waals surface area contributed by atoms with E-state index < -0.39 is 5.97 Å². The van der Waals surface area contributed by atoms with E-state index in [1.165, 1.54) is 35.7 Å². The minimum absolute atomic E-state index is 0.127. The fourth-order valence-corrected chi connectivity index (χ4v) is 10.5. The number of carboxylic acid groups (broad SMARTS) is 1. The summed E-state index contributed by atoms with van der Waals surface area (Å²) in [6.45, 7) is 7.98. The van der Waals surface area contributed by atoms with Gasteiger partial charge in [-0.05, 0) is 0 Å². The van der Waals surface area contributed by atoms with Crippen molar-refractivity contribution < 1.29 is 14.6 Å². The predicted molar refractivity (Wildman–Crippen MR) is 167 cm³/mol. The van der Waals surface area contributed by atoms with E-state index in [2.05, 4.69) is 93.6 Å². The van der Waals surface area contributed by atoms with E-state index in [0.717, 1.165) is 28.9 Å². The molecule has 3 aromatic carbocycles.